The zero-order valence-corrected chi connectivity index (χ0v) is 21.6. The third-order valence-corrected chi connectivity index (χ3v) is 8.00. The molecule has 7 heteroatoms. The van der Waals surface area contributed by atoms with Crippen LogP contribution in [0.25, 0.3) is 20.7 Å². The number of carbonyl (C=O) groups excluding carboxylic acids is 1. The topological polar surface area (TPSA) is 39.1 Å². The molecule has 0 spiro atoms. The quantitative estimate of drug-likeness (QED) is 0.158. The standard InChI is InChI=1S/C29H20BrF2NO2S/c1-17-10-12-19(13-11-17)28-20(14-30)25-27(35)22(26(34)18-6-3-2-4-7-18)16-33(29(25)36-28)15-21-23(31)8-5-9-24(21)32/h2-13,16H,14-15H2,1H3. The van der Waals surface area contributed by atoms with Gasteiger partial charge in [-0.2, -0.15) is 0 Å². The number of nitrogens with zero attached hydrogens (tertiary/aromatic N) is 1. The maximum absolute atomic E-state index is 14.6. The van der Waals surface area contributed by atoms with Gasteiger partial charge in [0.25, 0.3) is 0 Å². The fourth-order valence-electron chi connectivity index (χ4n) is 4.24. The van der Waals surface area contributed by atoms with Gasteiger partial charge < -0.3 is 4.57 Å². The number of fused-ring (bicyclic) bond motifs is 1. The normalized spacial score (nSPS) is 11.2. The molecule has 3 nitrogen and oxygen atoms in total. The predicted octanol–water partition coefficient (Wildman–Crippen LogP) is 7.49. The Labute approximate surface area is 218 Å². The van der Waals surface area contributed by atoms with Crippen LogP contribution < -0.4 is 5.43 Å². The van der Waals surface area contributed by atoms with Crippen molar-refractivity contribution in [2.45, 2.75) is 18.8 Å². The number of rotatable bonds is 6. The molecule has 2 aromatic heterocycles. The molecule has 0 amide bonds. The van der Waals surface area contributed by atoms with Crippen molar-refractivity contribution in [3.63, 3.8) is 0 Å². The zero-order chi connectivity index (χ0) is 25.4. The van der Waals surface area contributed by atoms with Gasteiger partial charge in [-0.05, 0) is 30.2 Å². The van der Waals surface area contributed by atoms with Crippen LogP contribution in [0.3, 0.4) is 0 Å². The summed E-state index contributed by atoms with van der Waals surface area (Å²) in [7, 11) is 0. The van der Waals surface area contributed by atoms with Crippen molar-refractivity contribution in [3.8, 4) is 10.4 Å². The summed E-state index contributed by atoms with van der Waals surface area (Å²) in [5.41, 5.74) is 2.57. The fraction of sp³-hybridized carbons (Fsp3) is 0.103. The average Bonchev–Trinajstić information content (AvgIpc) is 3.28. The molecule has 0 bridgehead atoms. The first kappa shape index (κ1) is 24.3. The van der Waals surface area contributed by atoms with E-state index in [1.54, 1.807) is 34.9 Å². The third kappa shape index (κ3) is 4.33. The van der Waals surface area contributed by atoms with E-state index in [0.29, 0.717) is 21.1 Å². The van der Waals surface area contributed by atoms with E-state index in [1.807, 2.05) is 31.2 Å². The van der Waals surface area contributed by atoms with Crippen molar-refractivity contribution in [3.05, 3.63) is 129 Å². The van der Waals surface area contributed by atoms with Crippen molar-refractivity contribution in [2.24, 2.45) is 0 Å². The number of benzene rings is 3. The first-order valence-corrected chi connectivity index (χ1v) is 13.2. The number of halogens is 3. The Morgan fingerprint density at radius 2 is 1.58 bits per heavy atom. The van der Waals surface area contributed by atoms with E-state index in [9.17, 15) is 18.4 Å². The molecule has 0 saturated carbocycles. The van der Waals surface area contributed by atoms with Gasteiger partial charge in [0, 0.05) is 27.5 Å². The van der Waals surface area contributed by atoms with E-state index in [1.165, 1.54) is 35.7 Å². The third-order valence-electron chi connectivity index (χ3n) is 6.12. The number of aryl methyl sites for hydroxylation is 1. The number of hydrogen-bond donors (Lipinski definition) is 0. The molecule has 5 aromatic rings. The van der Waals surface area contributed by atoms with Crippen molar-refractivity contribution < 1.29 is 13.6 Å². The minimum atomic E-state index is -0.686. The summed E-state index contributed by atoms with van der Waals surface area (Å²) in [5.74, 6) is -1.81. The number of ketones is 1. The summed E-state index contributed by atoms with van der Waals surface area (Å²) in [5, 5.41) is 0.758. The summed E-state index contributed by atoms with van der Waals surface area (Å²) in [6.45, 7) is 1.83. The van der Waals surface area contributed by atoms with Crippen LogP contribution in [0.15, 0.2) is 83.8 Å². The Balaban J connectivity index is 1.81. The molecule has 0 atom stereocenters. The van der Waals surface area contributed by atoms with E-state index < -0.39 is 22.8 Å². The van der Waals surface area contributed by atoms with Crippen LogP contribution in [0, 0.1) is 18.6 Å². The molecule has 0 N–H and O–H groups in total. The second-order valence-electron chi connectivity index (χ2n) is 8.48. The number of aromatic nitrogens is 1. The van der Waals surface area contributed by atoms with Gasteiger partial charge in [0.15, 0.2) is 5.78 Å². The smallest absolute Gasteiger partial charge is 0.201 e. The Bertz CT molecular complexity index is 1640. The SMILES string of the molecule is Cc1ccc(-c2sc3c(c2CBr)c(=O)c(C(=O)c2ccccc2)cn3Cc2c(F)cccc2F)cc1. The molecule has 5 rings (SSSR count). The van der Waals surface area contributed by atoms with Gasteiger partial charge in [-0.3, -0.25) is 9.59 Å². The van der Waals surface area contributed by atoms with Gasteiger partial charge >= 0.3 is 0 Å². The molecule has 3 aromatic carbocycles. The molecule has 0 aliphatic carbocycles. The molecule has 180 valence electrons. The molecular formula is C29H20BrF2NO2S. The Kier molecular flexibility index (Phi) is 6.69. The second-order valence-corrected chi connectivity index (χ2v) is 10.0. The van der Waals surface area contributed by atoms with Crippen molar-refractivity contribution in [2.75, 3.05) is 0 Å². The van der Waals surface area contributed by atoms with Crippen LogP contribution in [0.1, 0.15) is 32.6 Å². The largest absolute Gasteiger partial charge is 0.334 e. The molecule has 2 heterocycles. The monoisotopic (exact) mass is 563 g/mol. The van der Waals surface area contributed by atoms with E-state index in [0.717, 1.165) is 21.6 Å². The molecule has 0 aliphatic rings. The lowest BCUT2D eigenvalue weighted by Crippen LogP contribution is -2.20. The van der Waals surface area contributed by atoms with Crippen molar-refractivity contribution >= 4 is 43.3 Å². The highest BCUT2D eigenvalue weighted by atomic mass is 79.9. The summed E-state index contributed by atoms with van der Waals surface area (Å²) in [6, 6.07) is 20.2. The van der Waals surface area contributed by atoms with Crippen LogP contribution in [0.4, 0.5) is 8.78 Å². The zero-order valence-electron chi connectivity index (χ0n) is 19.2. The number of pyridine rings is 1. The predicted molar refractivity (Wildman–Crippen MR) is 144 cm³/mol. The highest BCUT2D eigenvalue weighted by Gasteiger charge is 2.24. The van der Waals surface area contributed by atoms with E-state index in [2.05, 4.69) is 15.9 Å². The lowest BCUT2D eigenvalue weighted by Gasteiger charge is -2.13. The molecule has 0 saturated heterocycles. The van der Waals surface area contributed by atoms with Gasteiger partial charge in [-0.1, -0.05) is 82.2 Å². The average molecular weight is 564 g/mol. The maximum Gasteiger partial charge on any atom is 0.201 e. The van der Waals surface area contributed by atoms with Gasteiger partial charge in [-0.15, -0.1) is 11.3 Å². The molecular weight excluding hydrogens is 544 g/mol. The van der Waals surface area contributed by atoms with Crippen LogP contribution in [-0.2, 0) is 11.9 Å². The summed E-state index contributed by atoms with van der Waals surface area (Å²) in [4.78, 5) is 28.6. The summed E-state index contributed by atoms with van der Waals surface area (Å²) >= 11 is 4.90. The van der Waals surface area contributed by atoms with Crippen molar-refractivity contribution in [1.82, 2.24) is 4.57 Å². The van der Waals surface area contributed by atoms with Gasteiger partial charge in [0.2, 0.25) is 5.43 Å². The minimum absolute atomic E-state index is 0.0408. The van der Waals surface area contributed by atoms with Gasteiger partial charge in [0.05, 0.1) is 17.5 Å². The lowest BCUT2D eigenvalue weighted by atomic mass is 10.0. The van der Waals surface area contributed by atoms with Crippen LogP contribution in [0.2, 0.25) is 0 Å². The lowest BCUT2D eigenvalue weighted by molar-refractivity contribution is 0.103. The summed E-state index contributed by atoms with van der Waals surface area (Å²) in [6.07, 6.45) is 1.43. The molecule has 0 unspecified atom stereocenters. The Hall–Kier alpha value is -3.42. The van der Waals surface area contributed by atoms with Crippen LogP contribution >= 0.6 is 27.3 Å². The first-order valence-electron chi connectivity index (χ1n) is 11.2. The first-order chi connectivity index (χ1) is 17.4. The second kappa shape index (κ2) is 9.91. The maximum atomic E-state index is 14.6. The Morgan fingerprint density at radius 3 is 2.22 bits per heavy atom. The van der Waals surface area contributed by atoms with Gasteiger partial charge in [0.1, 0.15) is 16.5 Å². The minimum Gasteiger partial charge on any atom is -0.334 e. The van der Waals surface area contributed by atoms with Crippen LogP contribution in [0.5, 0.6) is 0 Å². The summed E-state index contributed by atoms with van der Waals surface area (Å²) < 4.78 is 30.8. The van der Waals surface area contributed by atoms with E-state index in [4.69, 9.17) is 0 Å². The highest BCUT2D eigenvalue weighted by Crippen LogP contribution is 2.39. The Morgan fingerprint density at radius 1 is 0.917 bits per heavy atom. The van der Waals surface area contributed by atoms with Gasteiger partial charge in [-0.25, -0.2) is 8.78 Å². The molecule has 0 fully saturated rings. The van der Waals surface area contributed by atoms with E-state index in [-0.39, 0.29) is 17.7 Å². The molecule has 0 radical (unpaired) electrons. The van der Waals surface area contributed by atoms with E-state index >= 15 is 0 Å². The number of thiophene rings is 1. The fourth-order valence-corrected chi connectivity index (χ4v) is 6.28. The van der Waals surface area contributed by atoms with Crippen LogP contribution in [-0.4, -0.2) is 10.4 Å². The van der Waals surface area contributed by atoms with Crippen molar-refractivity contribution in [1.29, 1.82) is 0 Å². The number of hydrogen-bond acceptors (Lipinski definition) is 3. The molecule has 36 heavy (non-hydrogen) atoms. The highest BCUT2D eigenvalue weighted by molar-refractivity contribution is 9.08. The number of alkyl halides is 1. The number of carbonyl (C=O) groups is 1. The molecule has 0 aliphatic heterocycles.